The molecule has 0 unspecified atom stereocenters. The zero-order valence-corrected chi connectivity index (χ0v) is 12.4. The lowest BCUT2D eigenvalue weighted by Gasteiger charge is -2.10. The van der Waals surface area contributed by atoms with Crippen molar-refractivity contribution in [2.75, 3.05) is 25.3 Å². The van der Waals surface area contributed by atoms with E-state index < -0.39 is 0 Å². The summed E-state index contributed by atoms with van der Waals surface area (Å²) in [4.78, 5) is 12.4. The number of ether oxygens (including phenoxy) is 2. The van der Waals surface area contributed by atoms with Crippen LogP contribution >= 0.6 is 11.8 Å². The summed E-state index contributed by atoms with van der Waals surface area (Å²) < 4.78 is 12.2. The average Bonchev–Trinajstić information content (AvgIpc) is 3.11. The van der Waals surface area contributed by atoms with Crippen molar-refractivity contribution in [1.29, 1.82) is 0 Å². The summed E-state index contributed by atoms with van der Waals surface area (Å²) in [6.07, 6.45) is 0. The second kappa shape index (κ2) is 5.65. The molecular formula is C13H14N4O3S. The summed E-state index contributed by atoms with van der Waals surface area (Å²) >= 11 is 1.62. The number of carbonyl (C=O) groups excluding carboxylic acids is 1. The molecule has 2 heterocycles. The fraction of sp³-hybridized carbons (Fsp3) is 0.308. The van der Waals surface area contributed by atoms with Gasteiger partial charge in [-0.05, 0) is 12.1 Å². The maximum Gasteiger partial charge on any atom is 0.261 e. The maximum atomic E-state index is 12.4. The Kier molecular flexibility index (Phi) is 3.70. The topological polar surface area (TPSA) is 78.3 Å². The standard InChI is InChI=1S/C13H14N4O3S/c1-19-8-3-4-9(10(7-8)20-2)11(18)14-12-15-16-13-17(12)5-6-21-13/h3-4,7H,5-6H2,1-2H3,(H,14,15,18). The normalized spacial score (nSPS) is 12.9. The Morgan fingerprint density at radius 3 is 2.95 bits per heavy atom. The third-order valence-corrected chi connectivity index (χ3v) is 4.09. The SMILES string of the molecule is COc1ccc(C(=O)Nc2nnc3n2CCS3)c(OC)c1. The Labute approximate surface area is 125 Å². The van der Waals surface area contributed by atoms with E-state index in [0.29, 0.717) is 23.0 Å². The van der Waals surface area contributed by atoms with E-state index in [1.54, 1.807) is 37.1 Å². The first-order valence-electron chi connectivity index (χ1n) is 6.32. The molecule has 1 aliphatic heterocycles. The molecule has 1 aliphatic rings. The van der Waals surface area contributed by atoms with E-state index >= 15 is 0 Å². The molecule has 2 aromatic rings. The van der Waals surface area contributed by atoms with Gasteiger partial charge in [-0.2, -0.15) is 0 Å². The Balaban J connectivity index is 1.85. The molecule has 0 atom stereocenters. The smallest absolute Gasteiger partial charge is 0.261 e. The van der Waals surface area contributed by atoms with Crippen molar-refractivity contribution in [3.63, 3.8) is 0 Å². The Hall–Kier alpha value is -2.22. The molecule has 3 rings (SSSR count). The van der Waals surface area contributed by atoms with Crippen LogP contribution in [0.1, 0.15) is 10.4 Å². The molecule has 1 aromatic heterocycles. The number of carbonyl (C=O) groups is 1. The van der Waals surface area contributed by atoms with Gasteiger partial charge in [0.15, 0.2) is 5.16 Å². The zero-order valence-electron chi connectivity index (χ0n) is 11.6. The van der Waals surface area contributed by atoms with Gasteiger partial charge in [0, 0.05) is 18.4 Å². The number of rotatable bonds is 4. The Bertz CT molecular complexity index is 686. The van der Waals surface area contributed by atoms with Gasteiger partial charge in [-0.15, -0.1) is 10.2 Å². The largest absolute Gasteiger partial charge is 0.497 e. The number of amides is 1. The first-order chi connectivity index (χ1) is 10.2. The number of nitrogens with one attached hydrogen (secondary N) is 1. The minimum atomic E-state index is -0.290. The van der Waals surface area contributed by atoms with Crippen molar-refractivity contribution in [2.45, 2.75) is 11.7 Å². The summed E-state index contributed by atoms with van der Waals surface area (Å²) in [5, 5.41) is 11.6. The number of hydrogen-bond donors (Lipinski definition) is 1. The molecule has 1 amide bonds. The molecule has 0 bridgehead atoms. The minimum absolute atomic E-state index is 0.290. The zero-order chi connectivity index (χ0) is 14.8. The van der Waals surface area contributed by atoms with Crippen LogP contribution in [0.3, 0.4) is 0 Å². The van der Waals surface area contributed by atoms with E-state index in [1.165, 1.54) is 7.11 Å². The van der Waals surface area contributed by atoms with Gasteiger partial charge in [0.2, 0.25) is 5.95 Å². The van der Waals surface area contributed by atoms with E-state index in [1.807, 2.05) is 4.57 Å². The first-order valence-corrected chi connectivity index (χ1v) is 7.31. The molecule has 0 radical (unpaired) electrons. The van der Waals surface area contributed by atoms with E-state index in [2.05, 4.69) is 15.5 Å². The van der Waals surface area contributed by atoms with Crippen LogP contribution in [0.4, 0.5) is 5.95 Å². The van der Waals surface area contributed by atoms with Gasteiger partial charge in [0.25, 0.3) is 5.91 Å². The molecule has 7 nitrogen and oxygen atoms in total. The van der Waals surface area contributed by atoms with Crippen LogP contribution < -0.4 is 14.8 Å². The summed E-state index contributed by atoms with van der Waals surface area (Å²) in [6, 6.07) is 5.03. The number of hydrogen-bond acceptors (Lipinski definition) is 6. The quantitative estimate of drug-likeness (QED) is 0.925. The summed E-state index contributed by atoms with van der Waals surface area (Å²) in [6.45, 7) is 0.794. The minimum Gasteiger partial charge on any atom is -0.497 e. The van der Waals surface area contributed by atoms with Crippen LogP contribution in [-0.4, -0.2) is 40.6 Å². The fourth-order valence-electron chi connectivity index (χ4n) is 2.07. The highest BCUT2D eigenvalue weighted by Gasteiger charge is 2.21. The number of nitrogens with zero attached hydrogens (tertiary/aromatic N) is 3. The summed E-state index contributed by atoms with van der Waals surface area (Å²) in [5.74, 6) is 2.18. The van der Waals surface area contributed by atoms with Gasteiger partial charge >= 0.3 is 0 Å². The first kappa shape index (κ1) is 13.7. The lowest BCUT2D eigenvalue weighted by molar-refractivity contribution is 0.102. The van der Waals surface area contributed by atoms with Crippen molar-refractivity contribution in [3.05, 3.63) is 23.8 Å². The van der Waals surface area contributed by atoms with Crippen LogP contribution in [0, 0.1) is 0 Å². The van der Waals surface area contributed by atoms with Crippen LogP contribution in [0.15, 0.2) is 23.4 Å². The van der Waals surface area contributed by atoms with Gasteiger partial charge in [0.05, 0.1) is 19.8 Å². The van der Waals surface area contributed by atoms with Crippen molar-refractivity contribution in [1.82, 2.24) is 14.8 Å². The van der Waals surface area contributed by atoms with E-state index in [4.69, 9.17) is 9.47 Å². The van der Waals surface area contributed by atoms with Crippen LogP contribution in [0.5, 0.6) is 11.5 Å². The van der Waals surface area contributed by atoms with Gasteiger partial charge < -0.3 is 9.47 Å². The third kappa shape index (κ3) is 2.54. The van der Waals surface area contributed by atoms with Gasteiger partial charge in [-0.3, -0.25) is 14.7 Å². The fourth-order valence-corrected chi connectivity index (χ4v) is 2.96. The van der Waals surface area contributed by atoms with Crippen molar-refractivity contribution in [2.24, 2.45) is 0 Å². The van der Waals surface area contributed by atoms with Crippen LogP contribution in [-0.2, 0) is 6.54 Å². The lowest BCUT2D eigenvalue weighted by atomic mass is 10.2. The molecule has 1 N–H and O–H groups in total. The highest BCUT2D eigenvalue weighted by molar-refractivity contribution is 7.99. The number of benzene rings is 1. The molecule has 0 fully saturated rings. The molecular weight excluding hydrogens is 292 g/mol. The number of fused-ring (bicyclic) bond motifs is 1. The monoisotopic (exact) mass is 306 g/mol. The highest BCUT2D eigenvalue weighted by Crippen LogP contribution is 2.28. The molecule has 1 aromatic carbocycles. The molecule has 0 aliphatic carbocycles. The van der Waals surface area contributed by atoms with Crippen LogP contribution in [0.25, 0.3) is 0 Å². The second-order valence-electron chi connectivity index (χ2n) is 4.33. The van der Waals surface area contributed by atoms with Crippen molar-refractivity contribution >= 4 is 23.6 Å². The molecule has 8 heteroatoms. The Morgan fingerprint density at radius 1 is 1.33 bits per heavy atom. The van der Waals surface area contributed by atoms with Gasteiger partial charge in [0.1, 0.15) is 11.5 Å². The maximum absolute atomic E-state index is 12.4. The van der Waals surface area contributed by atoms with Crippen molar-refractivity contribution < 1.29 is 14.3 Å². The second-order valence-corrected chi connectivity index (χ2v) is 5.39. The average molecular weight is 306 g/mol. The molecule has 110 valence electrons. The van der Waals surface area contributed by atoms with Crippen molar-refractivity contribution in [3.8, 4) is 11.5 Å². The Morgan fingerprint density at radius 2 is 2.19 bits per heavy atom. The van der Waals surface area contributed by atoms with E-state index in [0.717, 1.165) is 17.5 Å². The summed E-state index contributed by atoms with van der Waals surface area (Å²) in [7, 11) is 3.07. The van der Waals surface area contributed by atoms with Gasteiger partial charge in [-0.1, -0.05) is 11.8 Å². The number of aromatic nitrogens is 3. The van der Waals surface area contributed by atoms with E-state index in [-0.39, 0.29) is 5.91 Å². The number of thioether (sulfide) groups is 1. The number of methoxy groups -OCH3 is 2. The molecule has 0 saturated heterocycles. The highest BCUT2D eigenvalue weighted by atomic mass is 32.2. The van der Waals surface area contributed by atoms with E-state index in [9.17, 15) is 4.79 Å². The molecule has 0 spiro atoms. The van der Waals surface area contributed by atoms with Crippen LogP contribution in [0.2, 0.25) is 0 Å². The number of anilines is 1. The van der Waals surface area contributed by atoms with Gasteiger partial charge in [-0.25, -0.2) is 0 Å². The predicted molar refractivity (Wildman–Crippen MR) is 78.2 cm³/mol. The lowest BCUT2D eigenvalue weighted by Crippen LogP contribution is -2.16. The summed E-state index contributed by atoms with van der Waals surface area (Å²) in [5.41, 5.74) is 0.418. The predicted octanol–water partition coefficient (Wildman–Crippen LogP) is 1.65. The third-order valence-electron chi connectivity index (χ3n) is 3.14. The molecule has 0 saturated carbocycles. The molecule has 21 heavy (non-hydrogen) atoms.